The Morgan fingerprint density at radius 2 is 1.71 bits per heavy atom. The fourth-order valence-corrected chi connectivity index (χ4v) is 1.80. The smallest absolute Gasteiger partial charge is 0.151 e. The van der Waals surface area contributed by atoms with E-state index in [1.807, 2.05) is 18.9 Å². The first-order chi connectivity index (χ1) is 8.09. The van der Waals surface area contributed by atoms with Crippen molar-refractivity contribution in [1.29, 1.82) is 0 Å². The molecule has 0 aliphatic heterocycles. The summed E-state index contributed by atoms with van der Waals surface area (Å²) in [5.74, 6) is 0.501. The molecule has 17 heavy (non-hydrogen) atoms. The number of nitrogen functional groups attached to an aromatic ring is 1. The topological polar surface area (TPSA) is 55.0 Å². The van der Waals surface area contributed by atoms with Crippen LogP contribution in [0, 0.1) is 13.8 Å². The lowest BCUT2D eigenvalue weighted by molar-refractivity contribution is 1.06. The second-order valence-electron chi connectivity index (χ2n) is 4.09. The predicted octanol–water partition coefficient (Wildman–Crippen LogP) is 2.44. The van der Waals surface area contributed by atoms with Gasteiger partial charge in [0, 0.05) is 12.7 Å². The van der Waals surface area contributed by atoms with E-state index in [0.717, 1.165) is 17.1 Å². The molecule has 0 aliphatic rings. The van der Waals surface area contributed by atoms with E-state index in [4.69, 9.17) is 5.73 Å². The van der Waals surface area contributed by atoms with E-state index in [1.54, 1.807) is 0 Å². The number of hydrogen-bond acceptors (Lipinski definition) is 4. The van der Waals surface area contributed by atoms with Crippen molar-refractivity contribution >= 4 is 17.2 Å². The van der Waals surface area contributed by atoms with Gasteiger partial charge in [0.15, 0.2) is 5.82 Å². The number of rotatable bonds is 2. The number of anilines is 3. The van der Waals surface area contributed by atoms with Crippen molar-refractivity contribution in [3.63, 3.8) is 0 Å². The maximum Gasteiger partial charge on any atom is 0.151 e. The van der Waals surface area contributed by atoms with Crippen molar-refractivity contribution in [3.05, 3.63) is 41.9 Å². The molecule has 1 heterocycles. The SMILES string of the molecule is Cc1ccc(N(C)c2c(C)ncnc2N)cc1. The average molecular weight is 228 g/mol. The highest BCUT2D eigenvalue weighted by atomic mass is 15.1. The maximum atomic E-state index is 5.90. The van der Waals surface area contributed by atoms with Gasteiger partial charge in [-0.05, 0) is 26.0 Å². The summed E-state index contributed by atoms with van der Waals surface area (Å²) in [6, 6.07) is 8.25. The highest BCUT2D eigenvalue weighted by Gasteiger charge is 2.11. The van der Waals surface area contributed by atoms with Crippen LogP contribution in [-0.4, -0.2) is 17.0 Å². The van der Waals surface area contributed by atoms with Gasteiger partial charge >= 0.3 is 0 Å². The van der Waals surface area contributed by atoms with Crippen LogP contribution >= 0.6 is 0 Å². The van der Waals surface area contributed by atoms with Crippen LogP contribution in [-0.2, 0) is 0 Å². The quantitative estimate of drug-likeness (QED) is 0.857. The summed E-state index contributed by atoms with van der Waals surface area (Å²) in [5, 5.41) is 0. The van der Waals surface area contributed by atoms with E-state index in [1.165, 1.54) is 11.9 Å². The Morgan fingerprint density at radius 1 is 1.06 bits per heavy atom. The van der Waals surface area contributed by atoms with Crippen LogP contribution in [0.2, 0.25) is 0 Å². The first-order valence-corrected chi connectivity index (χ1v) is 5.47. The Labute approximate surface area is 101 Å². The normalized spacial score (nSPS) is 10.3. The molecule has 0 atom stereocenters. The lowest BCUT2D eigenvalue weighted by Crippen LogP contribution is -2.14. The van der Waals surface area contributed by atoms with E-state index >= 15 is 0 Å². The van der Waals surface area contributed by atoms with Crippen molar-refractivity contribution in [2.24, 2.45) is 0 Å². The first-order valence-electron chi connectivity index (χ1n) is 5.47. The van der Waals surface area contributed by atoms with E-state index in [2.05, 4.69) is 41.2 Å². The largest absolute Gasteiger partial charge is 0.382 e. The Bertz CT molecular complexity index is 499. The minimum Gasteiger partial charge on any atom is -0.382 e. The second-order valence-corrected chi connectivity index (χ2v) is 4.09. The molecule has 4 nitrogen and oxygen atoms in total. The molecular weight excluding hydrogens is 212 g/mol. The zero-order valence-electron chi connectivity index (χ0n) is 10.3. The van der Waals surface area contributed by atoms with Gasteiger partial charge in [-0.2, -0.15) is 0 Å². The van der Waals surface area contributed by atoms with Crippen LogP contribution in [0.15, 0.2) is 30.6 Å². The number of benzene rings is 1. The summed E-state index contributed by atoms with van der Waals surface area (Å²) in [5.41, 5.74) is 9.93. The molecule has 4 heteroatoms. The van der Waals surface area contributed by atoms with Crippen LogP contribution < -0.4 is 10.6 Å². The van der Waals surface area contributed by atoms with Crippen molar-refractivity contribution in [1.82, 2.24) is 9.97 Å². The molecule has 2 rings (SSSR count). The number of nitrogens with zero attached hydrogens (tertiary/aromatic N) is 3. The molecule has 1 aromatic heterocycles. The summed E-state index contributed by atoms with van der Waals surface area (Å²) in [6.07, 6.45) is 1.48. The Morgan fingerprint density at radius 3 is 2.29 bits per heavy atom. The molecular formula is C13H16N4. The highest BCUT2D eigenvalue weighted by Crippen LogP contribution is 2.29. The van der Waals surface area contributed by atoms with E-state index in [-0.39, 0.29) is 0 Å². The van der Waals surface area contributed by atoms with Gasteiger partial charge in [-0.25, -0.2) is 9.97 Å². The zero-order valence-corrected chi connectivity index (χ0v) is 10.3. The van der Waals surface area contributed by atoms with Crippen LogP contribution in [0.5, 0.6) is 0 Å². The second kappa shape index (κ2) is 4.41. The number of hydrogen-bond donors (Lipinski definition) is 1. The summed E-state index contributed by atoms with van der Waals surface area (Å²) in [6.45, 7) is 3.99. The van der Waals surface area contributed by atoms with Gasteiger partial charge < -0.3 is 10.6 Å². The Hall–Kier alpha value is -2.10. The van der Waals surface area contributed by atoms with Gasteiger partial charge in [0.1, 0.15) is 12.0 Å². The van der Waals surface area contributed by atoms with Crippen LogP contribution in [0.4, 0.5) is 17.2 Å². The fraction of sp³-hybridized carbons (Fsp3) is 0.231. The van der Waals surface area contributed by atoms with E-state index in [9.17, 15) is 0 Å². The van der Waals surface area contributed by atoms with Crippen molar-refractivity contribution < 1.29 is 0 Å². The lowest BCUT2D eigenvalue weighted by Gasteiger charge is -2.22. The van der Waals surface area contributed by atoms with Gasteiger partial charge in [-0.15, -0.1) is 0 Å². The average Bonchev–Trinajstić information content (AvgIpc) is 2.29. The van der Waals surface area contributed by atoms with Crippen LogP contribution in [0.1, 0.15) is 11.3 Å². The van der Waals surface area contributed by atoms with Gasteiger partial charge in [-0.1, -0.05) is 17.7 Å². The predicted molar refractivity (Wildman–Crippen MR) is 70.4 cm³/mol. The molecule has 0 radical (unpaired) electrons. The van der Waals surface area contributed by atoms with Gasteiger partial charge in [0.2, 0.25) is 0 Å². The Balaban J connectivity index is 2.43. The third-order valence-corrected chi connectivity index (χ3v) is 2.79. The summed E-state index contributed by atoms with van der Waals surface area (Å²) in [7, 11) is 1.96. The Kier molecular flexibility index (Phi) is 2.95. The zero-order chi connectivity index (χ0) is 12.4. The molecule has 2 N–H and O–H groups in total. The van der Waals surface area contributed by atoms with Gasteiger partial charge in [-0.3, -0.25) is 0 Å². The first kappa shape index (κ1) is 11.4. The minimum atomic E-state index is 0.501. The molecule has 2 aromatic rings. The molecule has 0 bridgehead atoms. The summed E-state index contributed by atoms with van der Waals surface area (Å²) < 4.78 is 0. The summed E-state index contributed by atoms with van der Waals surface area (Å²) in [4.78, 5) is 10.2. The van der Waals surface area contributed by atoms with Crippen molar-refractivity contribution in [3.8, 4) is 0 Å². The van der Waals surface area contributed by atoms with E-state index in [0.29, 0.717) is 5.82 Å². The molecule has 0 saturated heterocycles. The highest BCUT2D eigenvalue weighted by molar-refractivity contribution is 5.73. The standard InChI is InChI=1S/C13H16N4/c1-9-4-6-11(7-5-9)17(3)12-10(2)15-8-16-13(12)14/h4-8H,1-3H3,(H2,14,15,16). The molecule has 0 spiro atoms. The third kappa shape index (κ3) is 2.20. The van der Waals surface area contributed by atoms with Crippen LogP contribution in [0.3, 0.4) is 0 Å². The monoisotopic (exact) mass is 228 g/mol. The van der Waals surface area contributed by atoms with Crippen molar-refractivity contribution in [2.45, 2.75) is 13.8 Å². The number of aryl methyl sites for hydroxylation is 2. The lowest BCUT2D eigenvalue weighted by atomic mass is 10.2. The van der Waals surface area contributed by atoms with E-state index < -0.39 is 0 Å². The van der Waals surface area contributed by atoms with Crippen molar-refractivity contribution in [2.75, 3.05) is 17.7 Å². The van der Waals surface area contributed by atoms with Crippen LogP contribution in [0.25, 0.3) is 0 Å². The molecule has 0 amide bonds. The fourth-order valence-electron chi connectivity index (χ4n) is 1.80. The van der Waals surface area contributed by atoms with Gasteiger partial charge in [0.25, 0.3) is 0 Å². The number of aromatic nitrogens is 2. The molecule has 0 fully saturated rings. The summed E-state index contributed by atoms with van der Waals surface area (Å²) >= 11 is 0. The molecule has 1 aromatic carbocycles. The maximum absolute atomic E-state index is 5.90. The molecule has 88 valence electrons. The molecule has 0 unspecified atom stereocenters. The number of nitrogens with two attached hydrogens (primary N) is 1. The van der Waals surface area contributed by atoms with Gasteiger partial charge in [0.05, 0.1) is 5.69 Å². The molecule has 0 saturated carbocycles. The molecule has 0 aliphatic carbocycles. The minimum absolute atomic E-state index is 0.501. The third-order valence-electron chi connectivity index (χ3n) is 2.79.